The molecule has 4 heteroatoms. The Morgan fingerprint density at radius 1 is 1.06 bits per heavy atom. The Hall–Kier alpha value is -1.84. The molecule has 0 saturated heterocycles. The number of rotatable bonds is 3. The number of nitrogens with zero attached hydrogens (tertiary/aromatic N) is 2. The van der Waals surface area contributed by atoms with E-state index in [1.54, 1.807) is 6.92 Å². The zero-order chi connectivity index (χ0) is 12.1. The molecule has 0 saturated carbocycles. The van der Waals surface area contributed by atoms with Gasteiger partial charge in [-0.2, -0.15) is 0 Å². The van der Waals surface area contributed by atoms with E-state index in [2.05, 4.69) is 24.2 Å². The predicted molar refractivity (Wildman–Crippen MR) is 63.8 cm³/mol. The molecule has 0 aliphatic heterocycles. The van der Waals surface area contributed by atoms with Crippen molar-refractivity contribution in [3.05, 3.63) is 35.4 Å². The van der Waals surface area contributed by atoms with Crippen LogP contribution in [0.1, 0.15) is 37.8 Å². The van der Waals surface area contributed by atoms with Gasteiger partial charge in [0.25, 0.3) is 0 Å². The van der Waals surface area contributed by atoms with Gasteiger partial charge in [-0.15, -0.1) is 0 Å². The molecule has 1 rings (SSSR count). The second kappa shape index (κ2) is 5.30. The molecule has 86 valence electrons. The topological polar surface area (TPSA) is 65.2 Å². The molecule has 0 atom stereocenters. The van der Waals surface area contributed by atoms with E-state index in [0.717, 1.165) is 5.56 Å². The van der Waals surface area contributed by atoms with Crippen LogP contribution in [0.15, 0.2) is 34.6 Å². The Kier molecular flexibility index (Phi) is 4.05. The van der Waals surface area contributed by atoms with E-state index in [4.69, 9.17) is 10.4 Å². The largest absolute Gasteiger partial charge is 0.411 e. The van der Waals surface area contributed by atoms with Gasteiger partial charge in [-0.3, -0.25) is 0 Å². The SMILES string of the molecule is CC(=N/O)/C(=N\O)c1ccc(C(C)C)cc1. The van der Waals surface area contributed by atoms with Gasteiger partial charge in [-0.05, 0) is 18.4 Å². The lowest BCUT2D eigenvalue weighted by Gasteiger charge is -2.07. The van der Waals surface area contributed by atoms with E-state index in [-0.39, 0.29) is 11.4 Å². The molecule has 4 nitrogen and oxygen atoms in total. The molecule has 0 spiro atoms. The van der Waals surface area contributed by atoms with E-state index < -0.39 is 0 Å². The van der Waals surface area contributed by atoms with Gasteiger partial charge < -0.3 is 10.4 Å². The number of hydrogen-bond donors (Lipinski definition) is 2. The maximum atomic E-state index is 8.86. The number of benzene rings is 1. The lowest BCUT2D eigenvalue weighted by atomic mass is 9.99. The van der Waals surface area contributed by atoms with Crippen LogP contribution >= 0.6 is 0 Å². The summed E-state index contributed by atoms with van der Waals surface area (Å²) >= 11 is 0. The molecule has 0 unspecified atom stereocenters. The lowest BCUT2D eigenvalue weighted by molar-refractivity contribution is 0.314. The quantitative estimate of drug-likeness (QED) is 0.467. The summed E-state index contributed by atoms with van der Waals surface area (Å²) in [7, 11) is 0. The summed E-state index contributed by atoms with van der Waals surface area (Å²) in [5.41, 5.74) is 2.49. The van der Waals surface area contributed by atoms with Crippen LogP contribution in [0.3, 0.4) is 0 Å². The summed E-state index contributed by atoms with van der Waals surface area (Å²) in [6.45, 7) is 5.79. The van der Waals surface area contributed by atoms with Crippen molar-refractivity contribution in [1.29, 1.82) is 0 Å². The fourth-order valence-electron chi connectivity index (χ4n) is 1.41. The third kappa shape index (κ3) is 2.59. The predicted octanol–water partition coefficient (Wildman–Crippen LogP) is 2.84. The summed E-state index contributed by atoms with van der Waals surface area (Å²) in [5.74, 6) is 0.455. The molecular weight excluding hydrogens is 204 g/mol. The summed E-state index contributed by atoms with van der Waals surface area (Å²) in [6, 6.07) is 7.63. The van der Waals surface area contributed by atoms with Crippen molar-refractivity contribution in [1.82, 2.24) is 0 Å². The molecule has 0 aromatic heterocycles. The van der Waals surface area contributed by atoms with Crippen molar-refractivity contribution in [2.24, 2.45) is 10.3 Å². The van der Waals surface area contributed by atoms with E-state index in [9.17, 15) is 0 Å². The first-order chi connectivity index (χ1) is 7.60. The average Bonchev–Trinajstić information content (AvgIpc) is 2.30. The van der Waals surface area contributed by atoms with E-state index >= 15 is 0 Å². The highest BCUT2D eigenvalue weighted by atomic mass is 16.4. The molecule has 0 amide bonds. The summed E-state index contributed by atoms with van der Waals surface area (Å²) in [6.07, 6.45) is 0. The Labute approximate surface area is 94.9 Å². The second-order valence-electron chi connectivity index (χ2n) is 3.91. The highest BCUT2D eigenvalue weighted by molar-refractivity contribution is 6.47. The van der Waals surface area contributed by atoms with Crippen LogP contribution in [0.4, 0.5) is 0 Å². The molecule has 0 aliphatic rings. The minimum atomic E-state index is 0.276. The van der Waals surface area contributed by atoms with Crippen LogP contribution in [0.5, 0.6) is 0 Å². The molecule has 0 heterocycles. The lowest BCUT2D eigenvalue weighted by Crippen LogP contribution is -2.12. The summed E-state index contributed by atoms with van der Waals surface area (Å²) < 4.78 is 0. The summed E-state index contributed by atoms with van der Waals surface area (Å²) in [5, 5.41) is 23.6. The summed E-state index contributed by atoms with van der Waals surface area (Å²) in [4.78, 5) is 0. The van der Waals surface area contributed by atoms with Crippen LogP contribution < -0.4 is 0 Å². The van der Waals surface area contributed by atoms with Gasteiger partial charge in [-0.1, -0.05) is 48.4 Å². The van der Waals surface area contributed by atoms with Crippen LogP contribution in [-0.4, -0.2) is 21.8 Å². The van der Waals surface area contributed by atoms with Gasteiger partial charge in [0, 0.05) is 5.56 Å². The molecule has 0 aliphatic carbocycles. The Morgan fingerprint density at radius 2 is 1.62 bits per heavy atom. The molecule has 16 heavy (non-hydrogen) atoms. The zero-order valence-electron chi connectivity index (χ0n) is 9.68. The monoisotopic (exact) mass is 220 g/mol. The minimum absolute atomic E-state index is 0.276. The first-order valence-electron chi connectivity index (χ1n) is 5.11. The van der Waals surface area contributed by atoms with Gasteiger partial charge in [0.15, 0.2) is 0 Å². The maximum Gasteiger partial charge on any atom is 0.134 e. The number of oxime groups is 2. The normalized spacial score (nSPS) is 13.2. The van der Waals surface area contributed by atoms with E-state index in [1.807, 2.05) is 24.3 Å². The maximum absolute atomic E-state index is 8.86. The van der Waals surface area contributed by atoms with Gasteiger partial charge in [0.2, 0.25) is 0 Å². The fourth-order valence-corrected chi connectivity index (χ4v) is 1.41. The highest BCUT2D eigenvalue weighted by Crippen LogP contribution is 2.15. The smallest absolute Gasteiger partial charge is 0.134 e. The van der Waals surface area contributed by atoms with Crippen molar-refractivity contribution in [3.8, 4) is 0 Å². The van der Waals surface area contributed by atoms with Crippen molar-refractivity contribution < 1.29 is 10.4 Å². The molecular formula is C12H16N2O2. The Balaban J connectivity index is 3.06. The Morgan fingerprint density at radius 3 is 2.00 bits per heavy atom. The van der Waals surface area contributed by atoms with Crippen LogP contribution in [0.25, 0.3) is 0 Å². The highest BCUT2D eigenvalue weighted by Gasteiger charge is 2.09. The van der Waals surface area contributed by atoms with Crippen LogP contribution in [-0.2, 0) is 0 Å². The van der Waals surface area contributed by atoms with Gasteiger partial charge >= 0.3 is 0 Å². The molecule has 2 N–H and O–H groups in total. The molecule has 0 radical (unpaired) electrons. The second-order valence-corrected chi connectivity index (χ2v) is 3.91. The third-order valence-corrected chi connectivity index (χ3v) is 2.44. The van der Waals surface area contributed by atoms with E-state index in [1.165, 1.54) is 5.56 Å². The van der Waals surface area contributed by atoms with Crippen molar-refractivity contribution in [2.45, 2.75) is 26.7 Å². The molecule has 1 aromatic rings. The van der Waals surface area contributed by atoms with Crippen molar-refractivity contribution in [3.63, 3.8) is 0 Å². The van der Waals surface area contributed by atoms with Crippen molar-refractivity contribution in [2.75, 3.05) is 0 Å². The van der Waals surface area contributed by atoms with Crippen LogP contribution in [0.2, 0.25) is 0 Å². The standard InChI is InChI=1S/C12H16N2O2/c1-8(2)10-4-6-11(7-5-10)12(14-16)9(3)13-15/h4-8,15-16H,1-3H3/b13-9-,14-12+. The molecule has 0 fully saturated rings. The Bertz CT molecular complexity index is 406. The van der Waals surface area contributed by atoms with Gasteiger partial charge in [0.1, 0.15) is 11.4 Å². The fraction of sp³-hybridized carbons (Fsp3) is 0.333. The van der Waals surface area contributed by atoms with E-state index in [0.29, 0.717) is 5.92 Å². The molecule has 0 bridgehead atoms. The zero-order valence-corrected chi connectivity index (χ0v) is 9.68. The third-order valence-electron chi connectivity index (χ3n) is 2.44. The molecule has 1 aromatic carbocycles. The van der Waals surface area contributed by atoms with Crippen molar-refractivity contribution >= 4 is 11.4 Å². The van der Waals surface area contributed by atoms with Gasteiger partial charge in [-0.25, -0.2) is 0 Å². The average molecular weight is 220 g/mol. The minimum Gasteiger partial charge on any atom is -0.411 e. The number of hydrogen-bond acceptors (Lipinski definition) is 4. The van der Waals surface area contributed by atoms with Gasteiger partial charge in [0.05, 0.1) is 0 Å². The first kappa shape index (κ1) is 12.2. The first-order valence-corrected chi connectivity index (χ1v) is 5.11. The van der Waals surface area contributed by atoms with Crippen LogP contribution in [0, 0.1) is 0 Å².